The van der Waals surface area contributed by atoms with Gasteiger partial charge in [-0.15, -0.1) is 0 Å². The summed E-state index contributed by atoms with van der Waals surface area (Å²) in [4.78, 5) is 25.8. The zero-order valence-corrected chi connectivity index (χ0v) is 14.0. The summed E-state index contributed by atoms with van der Waals surface area (Å²) in [5.41, 5.74) is 2.05. The largest absolute Gasteiger partial charge is 0.490 e. The SMILES string of the molecule is CC(=O)c1ccc2c(c1)N(CC(=O)Nc1ccc(Cl)cc1)CCO2. The lowest BCUT2D eigenvalue weighted by Crippen LogP contribution is -2.38. The monoisotopic (exact) mass is 344 g/mol. The van der Waals surface area contributed by atoms with Gasteiger partial charge in [-0.2, -0.15) is 0 Å². The highest BCUT2D eigenvalue weighted by Crippen LogP contribution is 2.32. The van der Waals surface area contributed by atoms with Gasteiger partial charge in [-0.3, -0.25) is 9.59 Å². The normalized spacial score (nSPS) is 13.0. The van der Waals surface area contributed by atoms with Crippen LogP contribution in [0.3, 0.4) is 0 Å². The lowest BCUT2D eigenvalue weighted by molar-refractivity contribution is -0.115. The van der Waals surface area contributed by atoms with E-state index in [0.717, 1.165) is 5.69 Å². The number of carbonyl (C=O) groups excluding carboxylic acids is 2. The molecular formula is C18H17ClN2O3. The van der Waals surface area contributed by atoms with Crippen molar-refractivity contribution in [3.8, 4) is 5.75 Å². The van der Waals surface area contributed by atoms with Crippen molar-refractivity contribution in [3.05, 3.63) is 53.1 Å². The van der Waals surface area contributed by atoms with Crippen LogP contribution < -0.4 is 15.0 Å². The summed E-state index contributed by atoms with van der Waals surface area (Å²) in [6.45, 7) is 2.78. The summed E-state index contributed by atoms with van der Waals surface area (Å²) in [5, 5.41) is 3.46. The van der Waals surface area contributed by atoms with Gasteiger partial charge in [0.2, 0.25) is 5.91 Å². The molecule has 0 spiro atoms. The van der Waals surface area contributed by atoms with Crippen molar-refractivity contribution in [2.45, 2.75) is 6.92 Å². The van der Waals surface area contributed by atoms with E-state index in [2.05, 4.69) is 5.32 Å². The number of ether oxygens (including phenoxy) is 1. The first-order chi connectivity index (χ1) is 11.5. The Morgan fingerprint density at radius 1 is 1.21 bits per heavy atom. The van der Waals surface area contributed by atoms with Crippen LogP contribution in [0.15, 0.2) is 42.5 Å². The Morgan fingerprint density at radius 2 is 1.96 bits per heavy atom. The summed E-state index contributed by atoms with van der Waals surface area (Å²) in [7, 11) is 0. The number of ketones is 1. The van der Waals surface area contributed by atoms with E-state index in [1.54, 1.807) is 42.5 Å². The minimum atomic E-state index is -0.140. The number of nitrogens with zero attached hydrogens (tertiary/aromatic N) is 1. The number of amides is 1. The van der Waals surface area contributed by atoms with E-state index in [0.29, 0.717) is 35.2 Å². The molecule has 0 unspecified atom stereocenters. The van der Waals surface area contributed by atoms with Gasteiger partial charge in [0.1, 0.15) is 12.4 Å². The molecule has 1 amide bonds. The van der Waals surface area contributed by atoms with Crippen LogP contribution in [-0.4, -0.2) is 31.4 Å². The maximum absolute atomic E-state index is 12.3. The van der Waals surface area contributed by atoms with E-state index in [-0.39, 0.29) is 18.2 Å². The maximum atomic E-state index is 12.3. The number of fused-ring (bicyclic) bond motifs is 1. The minimum absolute atomic E-state index is 0.0195. The molecular weight excluding hydrogens is 328 g/mol. The van der Waals surface area contributed by atoms with Gasteiger partial charge in [0, 0.05) is 16.3 Å². The van der Waals surface area contributed by atoms with Gasteiger partial charge in [0.15, 0.2) is 5.78 Å². The quantitative estimate of drug-likeness (QED) is 0.864. The third-order valence-corrected chi connectivity index (χ3v) is 4.04. The van der Waals surface area contributed by atoms with Crippen molar-refractivity contribution < 1.29 is 14.3 Å². The number of hydrogen-bond donors (Lipinski definition) is 1. The molecule has 3 rings (SSSR count). The predicted octanol–water partition coefficient (Wildman–Crippen LogP) is 3.38. The van der Waals surface area contributed by atoms with E-state index >= 15 is 0 Å². The van der Waals surface area contributed by atoms with E-state index in [1.807, 2.05) is 4.90 Å². The van der Waals surface area contributed by atoms with E-state index in [4.69, 9.17) is 16.3 Å². The van der Waals surface area contributed by atoms with Crippen LogP contribution in [0.2, 0.25) is 5.02 Å². The van der Waals surface area contributed by atoms with Crippen LogP contribution >= 0.6 is 11.6 Å². The molecule has 0 aromatic heterocycles. The summed E-state index contributed by atoms with van der Waals surface area (Å²) in [6.07, 6.45) is 0. The van der Waals surface area contributed by atoms with Crippen molar-refractivity contribution in [1.29, 1.82) is 0 Å². The standard InChI is InChI=1S/C18H17ClN2O3/c1-12(22)13-2-7-17-16(10-13)21(8-9-24-17)11-18(23)20-15-5-3-14(19)4-6-15/h2-7,10H,8-9,11H2,1H3,(H,20,23). The summed E-state index contributed by atoms with van der Waals surface area (Å²) < 4.78 is 5.60. The van der Waals surface area contributed by atoms with Gasteiger partial charge in [-0.25, -0.2) is 0 Å². The second kappa shape index (κ2) is 6.93. The number of nitrogens with one attached hydrogen (secondary N) is 1. The highest BCUT2D eigenvalue weighted by atomic mass is 35.5. The molecule has 0 radical (unpaired) electrons. The fourth-order valence-electron chi connectivity index (χ4n) is 2.56. The van der Waals surface area contributed by atoms with E-state index < -0.39 is 0 Å². The Kier molecular flexibility index (Phi) is 4.71. The van der Waals surface area contributed by atoms with Crippen LogP contribution in [0.1, 0.15) is 17.3 Å². The summed E-state index contributed by atoms with van der Waals surface area (Å²) in [6, 6.07) is 12.2. The Morgan fingerprint density at radius 3 is 2.67 bits per heavy atom. The Labute approximate surface area is 145 Å². The zero-order valence-electron chi connectivity index (χ0n) is 13.2. The van der Waals surface area contributed by atoms with Crippen LogP contribution in [0.5, 0.6) is 5.75 Å². The topological polar surface area (TPSA) is 58.6 Å². The number of Topliss-reactive ketones (excluding diaryl/α,β-unsaturated/α-hetero) is 1. The summed E-state index contributed by atoms with van der Waals surface area (Å²) in [5.74, 6) is 0.526. The highest BCUT2D eigenvalue weighted by molar-refractivity contribution is 6.30. The molecule has 0 saturated heterocycles. The molecule has 0 aliphatic carbocycles. The van der Waals surface area contributed by atoms with E-state index in [1.165, 1.54) is 6.92 Å². The Bertz CT molecular complexity index is 774. The molecule has 6 heteroatoms. The number of anilines is 2. The van der Waals surface area contributed by atoms with Crippen LogP contribution in [0, 0.1) is 0 Å². The van der Waals surface area contributed by atoms with Crippen LogP contribution in [-0.2, 0) is 4.79 Å². The number of carbonyl (C=O) groups is 2. The molecule has 0 atom stereocenters. The molecule has 124 valence electrons. The molecule has 24 heavy (non-hydrogen) atoms. The third-order valence-electron chi connectivity index (χ3n) is 3.79. The molecule has 2 aromatic rings. The fourth-order valence-corrected chi connectivity index (χ4v) is 2.69. The molecule has 2 aromatic carbocycles. The van der Waals surface area contributed by atoms with Gasteiger partial charge < -0.3 is 15.0 Å². The van der Waals surface area contributed by atoms with Crippen molar-refractivity contribution >= 4 is 34.7 Å². The molecule has 5 nitrogen and oxygen atoms in total. The van der Waals surface area contributed by atoms with Gasteiger partial charge in [-0.05, 0) is 49.4 Å². The van der Waals surface area contributed by atoms with Crippen LogP contribution in [0.4, 0.5) is 11.4 Å². The van der Waals surface area contributed by atoms with Crippen molar-refractivity contribution in [2.24, 2.45) is 0 Å². The average molecular weight is 345 g/mol. The molecule has 1 N–H and O–H groups in total. The zero-order chi connectivity index (χ0) is 17.1. The van der Waals surface area contributed by atoms with Crippen LogP contribution in [0.25, 0.3) is 0 Å². The van der Waals surface area contributed by atoms with Gasteiger partial charge in [-0.1, -0.05) is 11.6 Å². The number of rotatable bonds is 4. The Balaban J connectivity index is 1.74. The molecule has 1 aliphatic heterocycles. The molecule has 0 bridgehead atoms. The molecule has 0 saturated carbocycles. The predicted molar refractivity (Wildman–Crippen MR) is 94.2 cm³/mol. The van der Waals surface area contributed by atoms with Gasteiger partial charge in [0.05, 0.1) is 18.8 Å². The van der Waals surface area contributed by atoms with Gasteiger partial charge in [0.25, 0.3) is 0 Å². The number of benzene rings is 2. The Hall–Kier alpha value is -2.53. The number of halogens is 1. The third kappa shape index (κ3) is 3.68. The summed E-state index contributed by atoms with van der Waals surface area (Å²) >= 11 is 5.84. The second-order valence-electron chi connectivity index (χ2n) is 5.56. The first-order valence-corrected chi connectivity index (χ1v) is 7.99. The lowest BCUT2D eigenvalue weighted by Gasteiger charge is -2.31. The van der Waals surface area contributed by atoms with Crippen molar-refractivity contribution in [3.63, 3.8) is 0 Å². The maximum Gasteiger partial charge on any atom is 0.243 e. The number of hydrogen-bond acceptors (Lipinski definition) is 4. The fraction of sp³-hybridized carbons (Fsp3) is 0.222. The lowest BCUT2D eigenvalue weighted by atomic mass is 10.1. The first-order valence-electron chi connectivity index (χ1n) is 7.61. The van der Waals surface area contributed by atoms with Crippen molar-refractivity contribution in [1.82, 2.24) is 0 Å². The second-order valence-corrected chi connectivity index (χ2v) is 6.00. The molecule has 1 aliphatic rings. The average Bonchev–Trinajstić information content (AvgIpc) is 2.57. The smallest absolute Gasteiger partial charge is 0.243 e. The molecule has 1 heterocycles. The first kappa shape index (κ1) is 16.3. The van der Waals surface area contributed by atoms with E-state index in [9.17, 15) is 9.59 Å². The highest BCUT2D eigenvalue weighted by Gasteiger charge is 2.21. The van der Waals surface area contributed by atoms with Crippen molar-refractivity contribution in [2.75, 3.05) is 29.9 Å². The minimum Gasteiger partial charge on any atom is -0.490 e. The van der Waals surface area contributed by atoms with Gasteiger partial charge >= 0.3 is 0 Å². The molecule has 0 fully saturated rings.